The molecule has 7 atom stereocenters. The van der Waals surface area contributed by atoms with Crippen LogP contribution in [0.5, 0.6) is 0 Å². The summed E-state index contributed by atoms with van der Waals surface area (Å²) < 4.78 is 17.1. The second-order valence-electron chi connectivity index (χ2n) is 11.3. The number of cyclic esters (lactones) is 1. The van der Waals surface area contributed by atoms with Crippen molar-refractivity contribution in [2.24, 2.45) is 17.3 Å². The number of nitrogens with zero attached hydrogens (tertiary/aromatic N) is 1. The number of oxazole rings is 1. The van der Waals surface area contributed by atoms with E-state index in [9.17, 15) is 19.8 Å². The molecule has 0 radical (unpaired) electrons. The van der Waals surface area contributed by atoms with Crippen molar-refractivity contribution < 1.29 is 33.7 Å². The van der Waals surface area contributed by atoms with Crippen LogP contribution in [0.2, 0.25) is 0 Å². The van der Waals surface area contributed by atoms with Crippen molar-refractivity contribution in [2.75, 3.05) is 0 Å². The van der Waals surface area contributed by atoms with E-state index in [1.54, 1.807) is 34.0 Å². The molecule has 0 aromatic carbocycles. The number of aliphatic hydroxyl groups excluding tert-OH is 2. The summed E-state index contributed by atoms with van der Waals surface area (Å²) >= 11 is 0. The van der Waals surface area contributed by atoms with E-state index in [4.69, 9.17) is 13.9 Å². The number of carbonyl (C=O) groups is 2. The van der Waals surface area contributed by atoms with Gasteiger partial charge in [-0.1, -0.05) is 34.1 Å². The van der Waals surface area contributed by atoms with Gasteiger partial charge in [-0.2, -0.15) is 0 Å². The molecule has 0 aliphatic carbocycles. The number of aliphatic hydroxyl groups is 2. The van der Waals surface area contributed by atoms with Crippen LogP contribution in [-0.4, -0.2) is 57.0 Å². The molecule has 2 saturated heterocycles. The lowest BCUT2D eigenvalue weighted by molar-refractivity contribution is -0.154. The highest BCUT2D eigenvalue weighted by molar-refractivity contribution is 5.88. The zero-order chi connectivity index (χ0) is 26.1. The third-order valence-electron chi connectivity index (χ3n) is 7.93. The molecule has 2 aliphatic heterocycles. The molecule has 2 aliphatic rings. The maximum absolute atomic E-state index is 13.2. The predicted octanol–water partition coefficient (Wildman–Crippen LogP) is 4.01. The van der Waals surface area contributed by atoms with Gasteiger partial charge in [-0.05, 0) is 44.3 Å². The monoisotopic (exact) mass is 491 g/mol. The van der Waals surface area contributed by atoms with Gasteiger partial charge in [-0.3, -0.25) is 9.59 Å². The Morgan fingerprint density at radius 1 is 1.20 bits per heavy atom. The summed E-state index contributed by atoms with van der Waals surface area (Å²) in [5.74, 6) is -1.06. The molecule has 8 heteroatoms. The van der Waals surface area contributed by atoms with E-state index in [-0.39, 0.29) is 29.8 Å². The molecule has 1 aromatic heterocycles. The van der Waals surface area contributed by atoms with Crippen LogP contribution in [-0.2, 0) is 19.1 Å². The first-order chi connectivity index (χ1) is 16.2. The molecule has 3 heterocycles. The summed E-state index contributed by atoms with van der Waals surface area (Å²) in [4.78, 5) is 30.4. The Kier molecular flexibility index (Phi) is 8.29. The molecule has 2 N–H and O–H groups in total. The highest BCUT2D eigenvalue weighted by Crippen LogP contribution is 2.45. The fraction of sp³-hybridized carbons (Fsp3) is 0.741. The van der Waals surface area contributed by atoms with Crippen LogP contribution in [0.25, 0.3) is 6.08 Å². The van der Waals surface area contributed by atoms with Crippen LogP contribution in [0.15, 0.2) is 16.3 Å². The van der Waals surface area contributed by atoms with Gasteiger partial charge in [0.15, 0.2) is 5.89 Å². The minimum absolute atomic E-state index is 0.0716. The Bertz CT molecular complexity index is 951. The average molecular weight is 492 g/mol. The maximum atomic E-state index is 13.2. The van der Waals surface area contributed by atoms with Crippen LogP contribution in [0.1, 0.15) is 85.2 Å². The first kappa shape index (κ1) is 27.6. The molecule has 8 nitrogen and oxygen atoms in total. The van der Waals surface area contributed by atoms with Gasteiger partial charge < -0.3 is 24.1 Å². The summed E-state index contributed by atoms with van der Waals surface area (Å²) in [5.41, 5.74) is -0.107. The van der Waals surface area contributed by atoms with Crippen molar-refractivity contribution in [1.82, 2.24) is 4.98 Å². The van der Waals surface area contributed by atoms with E-state index in [0.717, 1.165) is 24.8 Å². The van der Waals surface area contributed by atoms with Crippen LogP contribution < -0.4 is 0 Å². The first-order valence-electron chi connectivity index (χ1n) is 12.6. The zero-order valence-electron chi connectivity index (χ0n) is 22.0. The van der Waals surface area contributed by atoms with E-state index in [2.05, 4.69) is 11.9 Å². The van der Waals surface area contributed by atoms with Crippen molar-refractivity contribution in [3.63, 3.8) is 0 Å². The third-order valence-corrected chi connectivity index (χ3v) is 7.93. The number of hydrogen-bond acceptors (Lipinski definition) is 8. The highest BCUT2D eigenvalue weighted by atomic mass is 16.6. The molecular weight excluding hydrogens is 450 g/mol. The summed E-state index contributed by atoms with van der Waals surface area (Å²) in [6, 6.07) is 0. The van der Waals surface area contributed by atoms with E-state index in [1.165, 1.54) is 0 Å². The maximum Gasteiger partial charge on any atom is 0.309 e. The second kappa shape index (κ2) is 10.5. The smallest absolute Gasteiger partial charge is 0.309 e. The van der Waals surface area contributed by atoms with Gasteiger partial charge in [0.2, 0.25) is 0 Å². The quantitative estimate of drug-likeness (QED) is 0.470. The lowest BCUT2D eigenvalue weighted by Gasteiger charge is -2.34. The van der Waals surface area contributed by atoms with Crippen molar-refractivity contribution in [3.05, 3.63) is 23.4 Å². The number of rotatable bonds is 2. The van der Waals surface area contributed by atoms with Crippen molar-refractivity contribution in [1.29, 1.82) is 0 Å². The van der Waals surface area contributed by atoms with Gasteiger partial charge in [-0.15, -0.1) is 0 Å². The minimum atomic E-state index is -1.24. The standard InChI is InChI=1S/C27H41NO7/c1-15-9-8-10-27(7)22(35-27)12-20(16(2)11-19-14-33-18(4)28-19)34-23(30)13-21(29)26(5,6)25(32)17(3)24(15)31/h11,14-15,17,20-22,24,29,31H,8-10,12-13H2,1-7H3/t15-,17+,20-,21-,22?,24-,27?/m0/s1. The van der Waals surface area contributed by atoms with E-state index in [0.29, 0.717) is 18.0 Å². The Balaban J connectivity index is 1.85. The van der Waals surface area contributed by atoms with Gasteiger partial charge >= 0.3 is 5.97 Å². The number of Topliss-reactive ketones (excluding diaryl/α,β-unsaturated/α-hetero) is 1. The largest absolute Gasteiger partial charge is 0.458 e. The van der Waals surface area contributed by atoms with E-state index < -0.39 is 35.6 Å². The molecule has 1 aromatic rings. The fourth-order valence-corrected chi connectivity index (χ4v) is 5.07. The van der Waals surface area contributed by atoms with Crippen LogP contribution >= 0.6 is 0 Å². The zero-order valence-corrected chi connectivity index (χ0v) is 22.0. The molecule has 2 unspecified atom stereocenters. The number of esters is 1. The van der Waals surface area contributed by atoms with Crippen molar-refractivity contribution in [3.8, 4) is 0 Å². The number of aryl methyl sites for hydroxylation is 1. The van der Waals surface area contributed by atoms with Crippen LogP contribution in [0, 0.1) is 24.2 Å². The number of fused-ring (bicyclic) bond motifs is 1. The molecule has 0 bridgehead atoms. The number of epoxide rings is 1. The Hall–Kier alpha value is -2.03. The van der Waals surface area contributed by atoms with E-state index in [1.807, 2.05) is 19.9 Å². The Labute approximate surface area is 208 Å². The first-order valence-corrected chi connectivity index (χ1v) is 12.6. The molecule has 2 fully saturated rings. The lowest BCUT2D eigenvalue weighted by atomic mass is 9.73. The normalized spacial score (nSPS) is 37.5. The SMILES string of the molecule is CC(=Cc1coc(C)n1)[C@@H]1CC2OC2(C)CCC[C@H](C)[C@H](O)[C@@H](C)C(=O)C(C)(C)[C@@H](O)CC(=O)O1. The molecule has 0 saturated carbocycles. The summed E-state index contributed by atoms with van der Waals surface area (Å²) in [7, 11) is 0. The fourth-order valence-electron chi connectivity index (χ4n) is 5.07. The highest BCUT2D eigenvalue weighted by Gasteiger charge is 2.53. The molecule has 35 heavy (non-hydrogen) atoms. The van der Waals surface area contributed by atoms with Crippen LogP contribution in [0.3, 0.4) is 0 Å². The van der Waals surface area contributed by atoms with Gasteiger partial charge in [0, 0.05) is 19.3 Å². The number of carbonyl (C=O) groups excluding carboxylic acids is 2. The van der Waals surface area contributed by atoms with Gasteiger partial charge in [0.1, 0.15) is 23.8 Å². The van der Waals surface area contributed by atoms with Crippen LogP contribution in [0.4, 0.5) is 0 Å². The molecule has 196 valence electrons. The lowest BCUT2D eigenvalue weighted by Crippen LogP contribution is -2.45. The molecule has 3 rings (SSSR count). The summed E-state index contributed by atoms with van der Waals surface area (Å²) in [6.07, 6.45) is 3.23. The Morgan fingerprint density at radius 2 is 1.89 bits per heavy atom. The molecular formula is C27H41NO7. The van der Waals surface area contributed by atoms with Crippen molar-refractivity contribution in [2.45, 2.75) is 111 Å². The number of hydrogen-bond donors (Lipinski definition) is 2. The number of ether oxygens (including phenoxy) is 2. The minimum Gasteiger partial charge on any atom is -0.458 e. The summed E-state index contributed by atoms with van der Waals surface area (Å²) in [5, 5.41) is 21.7. The van der Waals surface area contributed by atoms with E-state index >= 15 is 0 Å². The third kappa shape index (κ3) is 6.40. The second-order valence-corrected chi connectivity index (χ2v) is 11.3. The molecule has 0 amide bonds. The van der Waals surface area contributed by atoms with Gasteiger partial charge in [0.05, 0.1) is 35.7 Å². The van der Waals surface area contributed by atoms with Crippen molar-refractivity contribution >= 4 is 17.8 Å². The average Bonchev–Trinajstić information content (AvgIpc) is 3.22. The van der Waals surface area contributed by atoms with Gasteiger partial charge in [0.25, 0.3) is 0 Å². The van der Waals surface area contributed by atoms with Gasteiger partial charge in [-0.25, -0.2) is 4.98 Å². The molecule has 0 spiro atoms. The Morgan fingerprint density at radius 3 is 2.51 bits per heavy atom. The topological polar surface area (TPSA) is 122 Å². The summed E-state index contributed by atoms with van der Waals surface area (Å²) in [6.45, 7) is 12.5. The number of aromatic nitrogens is 1. The number of ketones is 1. The predicted molar refractivity (Wildman–Crippen MR) is 130 cm³/mol.